The minimum absolute atomic E-state index is 0.0551. The van der Waals surface area contributed by atoms with Gasteiger partial charge in [0.05, 0.1) is 5.69 Å². The molecule has 1 aromatic carbocycles. The summed E-state index contributed by atoms with van der Waals surface area (Å²) in [4.78, 5) is 21.0. The number of carbonyl (C=O) groups excluding carboxylic acids is 1. The lowest BCUT2D eigenvalue weighted by atomic mass is 9.95. The van der Waals surface area contributed by atoms with Gasteiger partial charge in [0.25, 0.3) is 5.91 Å². The van der Waals surface area contributed by atoms with Crippen molar-refractivity contribution in [2.24, 2.45) is 0 Å². The number of nitrogens with zero attached hydrogens (tertiary/aromatic N) is 3. The first-order valence-corrected chi connectivity index (χ1v) is 10.2. The number of benzene rings is 1. The van der Waals surface area contributed by atoms with Crippen LogP contribution in [0, 0.1) is 5.82 Å². The number of piperazine rings is 1. The Hall–Kier alpha value is -2.63. The van der Waals surface area contributed by atoms with Crippen molar-refractivity contribution in [3.05, 3.63) is 54.1 Å². The molecule has 6 heteroatoms. The van der Waals surface area contributed by atoms with Crippen LogP contribution in [-0.4, -0.2) is 48.0 Å². The van der Waals surface area contributed by atoms with Crippen LogP contribution < -0.4 is 10.2 Å². The molecular weight excluding hydrogens is 355 g/mol. The van der Waals surface area contributed by atoms with Gasteiger partial charge in [-0.2, -0.15) is 0 Å². The quantitative estimate of drug-likeness (QED) is 0.871. The van der Waals surface area contributed by atoms with Crippen LogP contribution in [0.5, 0.6) is 0 Å². The van der Waals surface area contributed by atoms with Crippen molar-refractivity contribution in [3.8, 4) is 0 Å². The number of amides is 1. The number of anilines is 2. The van der Waals surface area contributed by atoms with Crippen LogP contribution in [0.2, 0.25) is 0 Å². The van der Waals surface area contributed by atoms with Crippen molar-refractivity contribution >= 4 is 17.3 Å². The molecule has 1 saturated heterocycles. The normalized spacial score (nSPS) is 18.2. The molecule has 1 aliphatic carbocycles. The summed E-state index contributed by atoms with van der Waals surface area (Å²) in [6.07, 6.45) is 7.92. The number of para-hydroxylation sites is 1. The molecule has 148 valence electrons. The Bertz CT molecular complexity index is 814. The van der Waals surface area contributed by atoms with E-state index in [0.717, 1.165) is 5.69 Å². The minimum atomic E-state index is -0.217. The Morgan fingerprint density at radius 1 is 1.04 bits per heavy atom. The molecule has 2 fully saturated rings. The van der Waals surface area contributed by atoms with Gasteiger partial charge in [0, 0.05) is 44.1 Å². The highest BCUT2D eigenvalue weighted by Gasteiger charge is 2.24. The van der Waals surface area contributed by atoms with Crippen LogP contribution in [0.25, 0.3) is 0 Å². The summed E-state index contributed by atoms with van der Waals surface area (Å²) >= 11 is 0. The van der Waals surface area contributed by atoms with Crippen molar-refractivity contribution in [1.29, 1.82) is 0 Å². The van der Waals surface area contributed by atoms with Crippen LogP contribution in [0.4, 0.5) is 15.8 Å². The van der Waals surface area contributed by atoms with E-state index in [1.807, 2.05) is 28.0 Å². The number of rotatable bonds is 4. The van der Waals surface area contributed by atoms with E-state index in [4.69, 9.17) is 0 Å². The maximum Gasteiger partial charge on any atom is 0.272 e. The molecule has 28 heavy (non-hydrogen) atoms. The molecule has 5 nitrogen and oxygen atoms in total. The molecule has 2 aliphatic rings. The van der Waals surface area contributed by atoms with Crippen LogP contribution in [-0.2, 0) is 0 Å². The maximum absolute atomic E-state index is 14.0. The number of carbonyl (C=O) groups is 1. The lowest BCUT2D eigenvalue weighted by molar-refractivity contribution is 0.0741. The number of hydrogen-bond donors (Lipinski definition) is 1. The van der Waals surface area contributed by atoms with Crippen molar-refractivity contribution < 1.29 is 9.18 Å². The Balaban J connectivity index is 1.37. The molecule has 1 aliphatic heterocycles. The first-order chi connectivity index (χ1) is 13.7. The van der Waals surface area contributed by atoms with E-state index in [2.05, 4.69) is 10.3 Å². The largest absolute Gasteiger partial charge is 0.382 e. The molecule has 2 aromatic rings. The van der Waals surface area contributed by atoms with Gasteiger partial charge in [-0.25, -0.2) is 4.39 Å². The predicted molar refractivity (Wildman–Crippen MR) is 109 cm³/mol. The SMILES string of the molecule is O=C(c1cc(NC2CCCCC2)ccn1)N1CCN(c2ccccc2F)CC1. The molecule has 0 bridgehead atoms. The Labute approximate surface area is 165 Å². The van der Waals surface area contributed by atoms with Gasteiger partial charge in [-0.15, -0.1) is 0 Å². The van der Waals surface area contributed by atoms with E-state index in [1.54, 1.807) is 18.3 Å². The van der Waals surface area contributed by atoms with Crippen molar-refractivity contribution in [2.75, 3.05) is 36.4 Å². The van der Waals surface area contributed by atoms with E-state index in [0.29, 0.717) is 43.6 Å². The third-order valence-electron chi connectivity index (χ3n) is 5.72. The van der Waals surface area contributed by atoms with Gasteiger partial charge >= 0.3 is 0 Å². The molecule has 1 amide bonds. The van der Waals surface area contributed by atoms with Gasteiger partial charge in [0.1, 0.15) is 11.5 Å². The number of hydrogen-bond acceptors (Lipinski definition) is 4. The Kier molecular flexibility index (Phi) is 5.74. The first kappa shape index (κ1) is 18.7. The van der Waals surface area contributed by atoms with Gasteiger partial charge in [-0.1, -0.05) is 31.4 Å². The zero-order valence-corrected chi connectivity index (χ0v) is 16.1. The van der Waals surface area contributed by atoms with E-state index in [-0.39, 0.29) is 11.7 Å². The summed E-state index contributed by atoms with van der Waals surface area (Å²) < 4.78 is 14.0. The van der Waals surface area contributed by atoms with Crippen molar-refractivity contribution in [1.82, 2.24) is 9.88 Å². The summed E-state index contributed by atoms with van der Waals surface area (Å²) in [6.45, 7) is 2.36. The van der Waals surface area contributed by atoms with Crippen molar-refractivity contribution in [3.63, 3.8) is 0 Å². The number of halogens is 1. The summed E-state index contributed by atoms with van der Waals surface area (Å²) in [7, 11) is 0. The van der Waals surface area contributed by atoms with E-state index in [9.17, 15) is 9.18 Å². The van der Waals surface area contributed by atoms with E-state index < -0.39 is 0 Å². The number of aromatic nitrogens is 1. The summed E-state index contributed by atoms with van der Waals surface area (Å²) in [5, 5.41) is 3.55. The first-order valence-electron chi connectivity index (χ1n) is 10.2. The zero-order chi connectivity index (χ0) is 19.3. The predicted octanol–water partition coefficient (Wildman–Crippen LogP) is 3.93. The summed E-state index contributed by atoms with van der Waals surface area (Å²) in [5.74, 6) is -0.272. The average Bonchev–Trinajstić information content (AvgIpc) is 2.75. The number of pyridine rings is 1. The fourth-order valence-corrected chi connectivity index (χ4v) is 4.14. The van der Waals surface area contributed by atoms with Crippen LogP contribution in [0.15, 0.2) is 42.6 Å². The topological polar surface area (TPSA) is 48.5 Å². The molecule has 0 unspecified atom stereocenters. The van der Waals surface area contributed by atoms with Crippen LogP contribution >= 0.6 is 0 Å². The second-order valence-corrected chi connectivity index (χ2v) is 7.64. The minimum Gasteiger partial charge on any atom is -0.382 e. The lowest BCUT2D eigenvalue weighted by Crippen LogP contribution is -2.49. The molecule has 0 atom stereocenters. The van der Waals surface area contributed by atoms with Crippen LogP contribution in [0.1, 0.15) is 42.6 Å². The second kappa shape index (κ2) is 8.59. The standard InChI is InChI=1S/C22H27FN4O/c23-19-8-4-5-9-21(19)26-12-14-27(15-13-26)22(28)20-16-18(10-11-24-20)25-17-6-2-1-3-7-17/h4-5,8-11,16-17H,1-3,6-7,12-15H2,(H,24,25). The molecule has 1 aromatic heterocycles. The third kappa shape index (κ3) is 4.26. The monoisotopic (exact) mass is 382 g/mol. The van der Waals surface area contributed by atoms with E-state index >= 15 is 0 Å². The van der Waals surface area contributed by atoms with Crippen LogP contribution in [0.3, 0.4) is 0 Å². The Morgan fingerprint density at radius 3 is 2.54 bits per heavy atom. The van der Waals surface area contributed by atoms with Gasteiger partial charge < -0.3 is 15.1 Å². The molecule has 1 N–H and O–H groups in total. The lowest BCUT2D eigenvalue weighted by Gasteiger charge is -2.36. The van der Waals surface area contributed by atoms with Crippen molar-refractivity contribution in [2.45, 2.75) is 38.1 Å². The highest BCUT2D eigenvalue weighted by molar-refractivity contribution is 5.93. The van der Waals surface area contributed by atoms with Gasteiger partial charge in [0.2, 0.25) is 0 Å². The van der Waals surface area contributed by atoms with Gasteiger partial charge in [-0.05, 0) is 37.1 Å². The van der Waals surface area contributed by atoms with E-state index in [1.165, 1.54) is 38.2 Å². The second-order valence-electron chi connectivity index (χ2n) is 7.64. The molecule has 2 heterocycles. The number of nitrogens with one attached hydrogen (secondary N) is 1. The zero-order valence-electron chi connectivity index (χ0n) is 16.1. The third-order valence-corrected chi connectivity index (χ3v) is 5.72. The molecule has 0 radical (unpaired) electrons. The molecule has 1 saturated carbocycles. The fraction of sp³-hybridized carbons (Fsp3) is 0.455. The average molecular weight is 382 g/mol. The van der Waals surface area contributed by atoms with Gasteiger partial charge in [0.15, 0.2) is 0 Å². The van der Waals surface area contributed by atoms with Gasteiger partial charge in [-0.3, -0.25) is 9.78 Å². The smallest absolute Gasteiger partial charge is 0.272 e. The Morgan fingerprint density at radius 2 is 1.79 bits per heavy atom. The fourth-order valence-electron chi connectivity index (χ4n) is 4.14. The molecule has 4 rings (SSSR count). The summed E-state index contributed by atoms with van der Waals surface area (Å²) in [5.41, 5.74) is 2.04. The highest BCUT2D eigenvalue weighted by Crippen LogP contribution is 2.23. The highest BCUT2D eigenvalue weighted by atomic mass is 19.1. The summed E-state index contributed by atoms with van der Waals surface area (Å²) in [6, 6.07) is 11.1. The maximum atomic E-state index is 14.0. The molecule has 0 spiro atoms. The molecular formula is C22H27FN4O.